The molecule has 0 aromatic heterocycles. The summed E-state index contributed by atoms with van der Waals surface area (Å²) < 4.78 is 0. The highest BCUT2D eigenvalue weighted by atomic mass is 35.5. The molecule has 0 aliphatic carbocycles. The standard InChI is InChI=1S/C11H12ClN3/c12-11-2-1-10(7-9(11)8-13)15-5-3-14-4-6-15/h1-2,7,14H,3-6H2. The summed E-state index contributed by atoms with van der Waals surface area (Å²) in [5.41, 5.74) is 1.63. The Bertz CT molecular complexity index is 391. The minimum absolute atomic E-state index is 0.524. The van der Waals surface area contributed by atoms with Gasteiger partial charge in [0.15, 0.2) is 0 Å². The van der Waals surface area contributed by atoms with E-state index in [1.165, 1.54) is 0 Å². The fraction of sp³-hybridized carbons (Fsp3) is 0.364. The van der Waals surface area contributed by atoms with Crippen LogP contribution in [0.3, 0.4) is 0 Å². The van der Waals surface area contributed by atoms with E-state index >= 15 is 0 Å². The van der Waals surface area contributed by atoms with E-state index in [9.17, 15) is 0 Å². The van der Waals surface area contributed by atoms with Gasteiger partial charge in [-0.25, -0.2) is 0 Å². The van der Waals surface area contributed by atoms with E-state index in [0.29, 0.717) is 10.6 Å². The largest absolute Gasteiger partial charge is 0.369 e. The van der Waals surface area contributed by atoms with Gasteiger partial charge in [-0.3, -0.25) is 0 Å². The van der Waals surface area contributed by atoms with Gasteiger partial charge in [-0.2, -0.15) is 5.26 Å². The first-order valence-corrected chi connectivity index (χ1v) is 5.34. The molecule has 1 saturated heterocycles. The van der Waals surface area contributed by atoms with E-state index in [1.807, 2.05) is 12.1 Å². The monoisotopic (exact) mass is 221 g/mol. The zero-order valence-corrected chi connectivity index (χ0v) is 9.09. The van der Waals surface area contributed by atoms with Gasteiger partial charge in [0.1, 0.15) is 6.07 Å². The SMILES string of the molecule is N#Cc1cc(N2CCNCC2)ccc1Cl. The van der Waals surface area contributed by atoms with Crippen LogP contribution in [0.25, 0.3) is 0 Å². The summed E-state index contributed by atoms with van der Waals surface area (Å²) in [6, 6.07) is 7.71. The molecule has 0 atom stereocenters. The number of benzene rings is 1. The number of halogens is 1. The van der Waals surface area contributed by atoms with Crippen molar-refractivity contribution in [2.24, 2.45) is 0 Å². The molecule has 0 unspecified atom stereocenters. The van der Waals surface area contributed by atoms with Crippen LogP contribution in [0.1, 0.15) is 5.56 Å². The number of hydrogen-bond acceptors (Lipinski definition) is 3. The molecule has 1 aromatic rings. The van der Waals surface area contributed by atoms with Crippen molar-refractivity contribution in [1.82, 2.24) is 5.32 Å². The Morgan fingerprint density at radius 3 is 2.73 bits per heavy atom. The first kappa shape index (κ1) is 10.3. The average molecular weight is 222 g/mol. The van der Waals surface area contributed by atoms with Crippen LogP contribution in [0, 0.1) is 11.3 Å². The van der Waals surface area contributed by atoms with Gasteiger partial charge in [-0.1, -0.05) is 11.6 Å². The summed E-state index contributed by atoms with van der Waals surface area (Å²) >= 11 is 5.88. The molecule has 0 spiro atoms. The van der Waals surface area contributed by atoms with Crippen LogP contribution in [0.5, 0.6) is 0 Å². The molecule has 0 amide bonds. The molecule has 1 fully saturated rings. The van der Waals surface area contributed by atoms with Crippen LogP contribution in [-0.2, 0) is 0 Å². The van der Waals surface area contributed by atoms with E-state index in [4.69, 9.17) is 16.9 Å². The van der Waals surface area contributed by atoms with Crippen molar-refractivity contribution in [1.29, 1.82) is 5.26 Å². The lowest BCUT2D eigenvalue weighted by molar-refractivity contribution is 0.589. The van der Waals surface area contributed by atoms with Gasteiger partial charge in [0.05, 0.1) is 10.6 Å². The Hall–Kier alpha value is -1.24. The van der Waals surface area contributed by atoms with Gasteiger partial charge in [0.2, 0.25) is 0 Å². The molecule has 2 rings (SSSR count). The molecule has 0 bridgehead atoms. The summed E-state index contributed by atoms with van der Waals surface area (Å²) in [5.74, 6) is 0. The number of hydrogen-bond donors (Lipinski definition) is 1. The maximum absolute atomic E-state index is 8.88. The lowest BCUT2D eigenvalue weighted by Gasteiger charge is -2.29. The Labute approximate surface area is 94.3 Å². The van der Waals surface area contributed by atoms with Crippen LogP contribution >= 0.6 is 11.6 Å². The Balaban J connectivity index is 2.25. The van der Waals surface area contributed by atoms with Gasteiger partial charge in [0.25, 0.3) is 0 Å². The topological polar surface area (TPSA) is 39.1 Å². The zero-order valence-electron chi connectivity index (χ0n) is 8.33. The molecule has 1 aromatic carbocycles. The molecule has 0 saturated carbocycles. The van der Waals surface area contributed by atoms with Crippen molar-refractivity contribution in [2.75, 3.05) is 31.1 Å². The van der Waals surface area contributed by atoms with E-state index in [2.05, 4.69) is 16.3 Å². The number of nitrogens with one attached hydrogen (secondary N) is 1. The van der Waals surface area contributed by atoms with Crippen LogP contribution < -0.4 is 10.2 Å². The average Bonchev–Trinajstić information content (AvgIpc) is 2.31. The lowest BCUT2D eigenvalue weighted by atomic mass is 10.2. The highest BCUT2D eigenvalue weighted by Gasteiger charge is 2.11. The third kappa shape index (κ3) is 2.23. The quantitative estimate of drug-likeness (QED) is 0.784. The number of nitriles is 1. The van der Waals surface area contributed by atoms with Crippen molar-refractivity contribution >= 4 is 17.3 Å². The van der Waals surface area contributed by atoms with Gasteiger partial charge in [0, 0.05) is 31.9 Å². The van der Waals surface area contributed by atoms with E-state index in [-0.39, 0.29) is 0 Å². The predicted octanol–water partition coefficient (Wildman–Crippen LogP) is 1.62. The van der Waals surface area contributed by atoms with E-state index < -0.39 is 0 Å². The van der Waals surface area contributed by atoms with Crippen molar-refractivity contribution < 1.29 is 0 Å². The Morgan fingerprint density at radius 1 is 1.33 bits per heavy atom. The molecule has 1 aliphatic rings. The molecular weight excluding hydrogens is 210 g/mol. The molecule has 78 valence electrons. The van der Waals surface area contributed by atoms with Crippen LogP contribution in [0.2, 0.25) is 5.02 Å². The smallest absolute Gasteiger partial charge is 0.101 e. The molecule has 4 heteroatoms. The first-order valence-electron chi connectivity index (χ1n) is 4.96. The predicted molar refractivity (Wildman–Crippen MR) is 61.2 cm³/mol. The summed E-state index contributed by atoms with van der Waals surface area (Å²) in [4.78, 5) is 2.26. The molecule has 3 nitrogen and oxygen atoms in total. The second-order valence-electron chi connectivity index (χ2n) is 3.51. The van der Waals surface area contributed by atoms with Crippen molar-refractivity contribution in [2.45, 2.75) is 0 Å². The second kappa shape index (κ2) is 4.52. The first-order chi connectivity index (χ1) is 7.31. The number of nitrogens with zero attached hydrogens (tertiary/aromatic N) is 2. The minimum Gasteiger partial charge on any atom is -0.369 e. The molecular formula is C11H12ClN3. The van der Waals surface area contributed by atoms with Gasteiger partial charge in [-0.15, -0.1) is 0 Å². The van der Waals surface area contributed by atoms with Gasteiger partial charge in [-0.05, 0) is 18.2 Å². The minimum atomic E-state index is 0.524. The fourth-order valence-electron chi connectivity index (χ4n) is 1.72. The molecule has 1 aliphatic heterocycles. The molecule has 1 N–H and O–H groups in total. The van der Waals surface area contributed by atoms with Crippen LogP contribution in [-0.4, -0.2) is 26.2 Å². The highest BCUT2D eigenvalue weighted by Crippen LogP contribution is 2.22. The normalized spacial score (nSPS) is 16.1. The van der Waals surface area contributed by atoms with E-state index in [0.717, 1.165) is 31.9 Å². The van der Waals surface area contributed by atoms with Gasteiger partial charge < -0.3 is 10.2 Å². The zero-order chi connectivity index (χ0) is 10.7. The Kier molecular flexibility index (Phi) is 3.10. The summed E-state index contributed by atoms with van der Waals surface area (Å²) in [5, 5.41) is 12.7. The molecule has 15 heavy (non-hydrogen) atoms. The summed E-state index contributed by atoms with van der Waals surface area (Å²) in [6.45, 7) is 3.94. The fourth-order valence-corrected chi connectivity index (χ4v) is 1.88. The van der Waals surface area contributed by atoms with Crippen molar-refractivity contribution in [3.63, 3.8) is 0 Å². The van der Waals surface area contributed by atoms with E-state index in [1.54, 1.807) is 6.07 Å². The van der Waals surface area contributed by atoms with Crippen molar-refractivity contribution in [3.05, 3.63) is 28.8 Å². The number of anilines is 1. The van der Waals surface area contributed by atoms with Crippen LogP contribution in [0.15, 0.2) is 18.2 Å². The maximum Gasteiger partial charge on any atom is 0.101 e. The number of rotatable bonds is 1. The summed E-state index contributed by atoms with van der Waals surface area (Å²) in [7, 11) is 0. The highest BCUT2D eigenvalue weighted by molar-refractivity contribution is 6.31. The molecule has 0 radical (unpaired) electrons. The maximum atomic E-state index is 8.88. The summed E-state index contributed by atoms with van der Waals surface area (Å²) in [6.07, 6.45) is 0. The van der Waals surface area contributed by atoms with Crippen LogP contribution in [0.4, 0.5) is 5.69 Å². The number of piperazine rings is 1. The second-order valence-corrected chi connectivity index (χ2v) is 3.92. The third-order valence-corrected chi connectivity index (χ3v) is 2.88. The van der Waals surface area contributed by atoms with Crippen molar-refractivity contribution in [3.8, 4) is 6.07 Å². The third-order valence-electron chi connectivity index (χ3n) is 2.55. The lowest BCUT2D eigenvalue weighted by Crippen LogP contribution is -2.43. The van der Waals surface area contributed by atoms with Gasteiger partial charge >= 0.3 is 0 Å². The molecule has 1 heterocycles. The Morgan fingerprint density at radius 2 is 2.07 bits per heavy atom.